The van der Waals surface area contributed by atoms with Gasteiger partial charge in [-0.15, -0.1) is 0 Å². The van der Waals surface area contributed by atoms with Gasteiger partial charge in [0.25, 0.3) is 0 Å². The lowest BCUT2D eigenvalue weighted by Crippen LogP contribution is -2.34. The smallest absolute Gasteiger partial charge is 0.423 e. The van der Waals surface area contributed by atoms with Crippen molar-refractivity contribution in [1.82, 2.24) is 0 Å². The molecular formula is C8H9BF2O3. The molecule has 1 rings (SSSR count). The monoisotopic (exact) mass is 202 g/mol. The van der Waals surface area contributed by atoms with Crippen LogP contribution in [0.5, 0.6) is 0 Å². The summed E-state index contributed by atoms with van der Waals surface area (Å²) < 4.78 is 30.5. The van der Waals surface area contributed by atoms with Crippen LogP contribution in [-0.4, -0.2) is 24.3 Å². The van der Waals surface area contributed by atoms with Gasteiger partial charge >= 0.3 is 7.12 Å². The molecule has 76 valence electrons. The molecule has 0 bridgehead atoms. The summed E-state index contributed by atoms with van der Waals surface area (Å²) in [6, 6.07) is 1.95. The van der Waals surface area contributed by atoms with Crippen molar-refractivity contribution in [2.24, 2.45) is 0 Å². The summed E-state index contributed by atoms with van der Waals surface area (Å²) in [5, 5.41) is 17.7. The average molecular weight is 202 g/mol. The molecule has 0 atom stereocenters. The summed E-state index contributed by atoms with van der Waals surface area (Å²) in [5.74, 6) is -2.15. The maximum Gasteiger partial charge on any atom is 0.488 e. The second kappa shape index (κ2) is 4.50. The van der Waals surface area contributed by atoms with E-state index in [0.29, 0.717) is 0 Å². The number of ether oxygens (including phenoxy) is 1. The SMILES string of the molecule is COCc1c(B(O)O)ccc(F)c1F. The van der Waals surface area contributed by atoms with Crippen LogP contribution in [0, 0.1) is 11.6 Å². The highest BCUT2D eigenvalue weighted by Crippen LogP contribution is 2.10. The first-order chi connectivity index (χ1) is 6.57. The number of rotatable bonds is 3. The third-order valence-corrected chi connectivity index (χ3v) is 1.80. The van der Waals surface area contributed by atoms with Crippen LogP contribution in [0.4, 0.5) is 8.78 Å². The molecule has 0 aliphatic heterocycles. The van der Waals surface area contributed by atoms with Gasteiger partial charge in [-0.1, -0.05) is 6.07 Å². The molecule has 14 heavy (non-hydrogen) atoms. The number of methoxy groups -OCH3 is 1. The minimum atomic E-state index is -1.84. The first-order valence-electron chi connectivity index (χ1n) is 3.89. The minimum Gasteiger partial charge on any atom is -0.423 e. The van der Waals surface area contributed by atoms with Crippen LogP contribution in [0.1, 0.15) is 5.56 Å². The van der Waals surface area contributed by atoms with Crippen LogP contribution in [0.3, 0.4) is 0 Å². The third-order valence-electron chi connectivity index (χ3n) is 1.80. The minimum absolute atomic E-state index is 0.0919. The number of hydrogen-bond donors (Lipinski definition) is 2. The lowest BCUT2D eigenvalue weighted by atomic mass is 9.77. The van der Waals surface area contributed by atoms with E-state index in [4.69, 9.17) is 10.0 Å². The van der Waals surface area contributed by atoms with Crippen LogP contribution in [0.25, 0.3) is 0 Å². The van der Waals surface area contributed by atoms with Crippen molar-refractivity contribution in [3.63, 3.8) is 0 Å². The lowest BCUT2D eigenvalue weighted by Gasteiger charge is -2.09. The summed E-state index contributed by atoms with van der Waals surface area (Å²) in [6.07, 6.45) is 0. The topological polar surface area (TPSA) is 49.7 Å². The molecule has 0 unspecified atom stereocenters. The zero-order valence-electron chi connectivity index (χ0n) is 7.50. The highest BCUT2D eigenvalue weighted by Gasteiger charge is 2.21. The second-order valence-corrected chi connectivity index (χ2v) is 2.74. The van der Waals surface area contributed by atoms with Crippen LogP contribution >= 0.6 is 0 Å². The fourth-order valence-electron chi connectivity index (χ4n) is 1.14. The number of benzene rings is 1. The Hall–Kier alpha value is -0.975. The van der Waals surface area contributed by atoms with Gasteiger partial charge in [0, 0.05) is 12.7 Å². The van der Waals surface area contributed by atoms with E-state index in [1.54, 1.807) is 0 Å². The molecule has 0 saturated heterocycles. The zero-order chi connectivity index (χ0) is 10.7. The molecule has 0 aromatic heterocycles. The van der Waals surface area contributed by atoms with E-state index in [-0.39, 0.29) is 17.6 Å². The van der Waals surface area contributed by atoms with E-state index in [1.807, 2.05) is 0 Å². The van der Waals surface area contributed by atoms with Gasteiger partial charge in [-0.3, -0.25) is 0 Å². The quantitative estimate of drug-likeness (QED) is 0.666. The standard InChI is InChI=1S/C8H9BF2O3/c1-14-4-5-6(9(12)13)2-3-7(10)8(5)11/h2-3,12-13H,4H2,1H3. The number of hydrogen-bond acceptors (Lipinski definition) is 3. The van der Waals surface area contributed by atoms with Crippen LogP contribution in [0.2, 0.25) is 0 Å². The van der Waals surface area contributed by atoms with Crippen LogP contribution in [-0.2, 0) is 11.3 Å². The Balaban J connectivity index is 3.22. The predicted molar refractivity (Wildman–Crippen MR) is 46.9 cm³/mol. The molecule has 3 nitrogen and oxygen atoms in total. The fraction of sp³-hybridized carbons (Fsp3) is 0.250. The largest absolute Gasteiger partial charge is 0.488 e. The molecule has 2 N–H and O–H groups in total. The fourth-order valence-corrected chi connectivity index (χ4v) is 1.14. The Bertz CT molecular complexity index is 331. The van der Waals surface area contributed by atoms with E-state index >= 15 is 0 Å². The van der Waals surface area contributed by atoms with Crippen molar-refractivity contribution < 1.29 is 23.6 Å². The summed E-state index contributed by atoms with van der Waals surface area (Å²) in [4.78, 5) is 0. The average Bonchev–Trinajstić information content (AvgIpc) is 2.13. The summed E-state index contributed by atoms with van der Waals surface area (Å²) in [6.45, 7) is -0.212. The van der Waals surface area contributed by atoms with Gasteiger partial charge in [0.2, 0.25) is 0 Å². The molecule has 0 radical (unpaired) electrons. The molecule has 6 heteroatoms. The van der Waals surface area contributed by atoms with E-state index in [2.05, 4.69) is 4.74 Å². The predicted octanol–water partition coefficient (Wildman–Crippen LogP) is -0.209. The van der Waals surface area contributed by atoms with Crippen LogP contribution in [0.15, 0.2) is 12.1 Å². The van der Waals surface area contributed by atoms with Crippen molar-refractivity contribution in [3.05, 3.63) is 29.3 Å². The molecular weight excluding hydrogens is 193 g/mol. The molecule has 0 aliphatic rings. The van der Waals surface area contributed by atoms with Gasteiger partial charge in [-0.2, -0.15) is 0 Å². The van der Waals surface area contributed by atoms with E-state index < -0.39 is 18.8 Å². The van der Waals surface area contributed by atoms with Crippen molar-refractivity contribution in [2.45, 2.75) is 6.61 Å². The molecule has 0 amide bonds. The Morgan fingerprint density at radius 2 is 2.00 bits per heavy atom. The van der Waals surface area contributed by atoms with Crippen molar-refractivity contribution in [2.75, 3.05) is 7.11 Å². The van der Waals surface area contributed by atoms with E-state index in [9.17, 15) is 8.78 Å². The Morgan fingerprint density at radius 1 is 1.36 bits per heavy atom. The van der Waals surface area contributed by atoms with E-state index in [1.165, 1.54) is 7.11 Å². The Kier molecular flexibility index (Phi) is 3.57. The van der Waals surface area contributed by atoms with Gasteiger partial charge in [-0.25, -0.2) is 8.78 Å². The first kappa shape index (κ1) is 11.1. The Labute approximate surface area is 80.1 Å². The summed E-state index contributed by atoms with van der Waals surface area (Å²) in [5.41, 5.74) is -0.270. The molecule has 0 heterocycles. The van der Waals surface area contributed by atoms with Gasteiger partial charge in [0.05, 0.1) is 6.61 Å². The highest BCUT2D eigenvalue weighted by molar-refractivity contribution is 6.59. The lowest BCUT2D eigenvalue weighted by molar-refractivity contribution is 0.181. The molecule has 0 spiro atoms. The molecule has 0 fully saturated rings. The molecule has 1 aromatic carbocycles. The number of halogens is 2. The van der Waals surface area contributed by atoms with Gasteiger partial charge in [-0.05, 0) is 11.5 Å². The van der Waals surface area contributed by atoms with Crippen molar-refractivity contribution in [1.29, 1.82) is 0 Å². The second-order valence-electron chi connectivity index (χ2n) is 2.74. The van der Waals surface area contributed by atoms with Gasteiger partial charge < -0.3 is 14.8 Å². The van der Waals surface area contributed by atoms with Gasteiger partial charge in [0.15, 0.2) is 11.6 Å². The zero-order valence-corrected chi connectivity index (χ0v) is 7.50. The van der Waals surface area contributed by atoms with Crippen molar-refractivity contribution in [3.8, 4) is 0 Å². The summed E-state index contributed by atoms with van der Waals surface area (Å²) >= 11 is 0. The van der Waals surface area contributed by atoms with E-state index in [0.717, 1.165) is 12.1 Å². The third kappa shape index (κ3) is 2.09. The van der Waals surface area contributed by atoms with Crippen LogP contribution < -0.4 is 5.46 Å². The maximum atomic E-state index is 13.1. The van der Waals surface area contributed by atoms with Crippen molar-refractivity contribution >= 4 is 12.6 Å². The first-order valence-corrected chi connectivity index (χ1v) is 3.89. The van der Waals surface area contributed by atoms with Gasteiger partial charge in [0.1, 0.15) is 0 Å². The normalized spacial score (nSPS) is 10.4. The molecule has 0 saturated carbocycles. The molecule has 0 aliphatic carbocycles. The summed E-state index contributed by atoms with van der Waals surface area (Å²) in [7, 11) is -0.534. The maximum absolute atomic E-state index is 13.1. The Morgan fingerprint density at radius 3 is 2.50 bits per heavy atom. The highest BCUT2D eigenvalue weighted by atomic mass is 19.2. The molecule has 1 aromatic rings.